The molecule has 38 heavy (non-hydrogen) atoms. The van der Waals surface area contributed by atoms with Gasteiger partial charge in [0, 0.05) is 40.9 Å². The van der Waals surface area contributed by atoms with E-state index in [0.29, 0.717) is 46.6 Å². The SMILES string of the molecule is CC(=O)c1c(C2C[C@H]3CCC[C@@H](C2)N3C(N)=O)nc2c(-c3ccc(-c4ccccc4F)nc3)cnn2c1N. The first-order valence-electron chi connectivity index (χ1n) is 12.8. The van der Waals surface area contributed by atoms with Crippen LogP contribution in [0.25, 0.3) is 28.0 Å². The lowest BCUT2D eigenvalue weighted by Crippen LogP contribution is -2.56. The number of Topliss-reactive ketones (excluding diaryl/α,β-unsaturated/α-hetero) is 1. The van der Waals surface area contributed by atoms with Crippen LogP contribution in [-0.2, 0) is 0 Å². The molecule has 1 unspecified atom stereocenters. The fourth-order valence-corrected chi connectivity index (χ4v) is 6.24. The quantitative estimate of drug-likeness (QED) is 0.385. The van der Waals surface area contributed by atoms with Gasteiger partial charge in [0.1, 0.15) is 11.6 Å². The van der Waals surface area contributed by atoms with Crippen molar-refractivity contribution in [1.82, 2.24) is 24.5 Å². The predicted octanol–water partition coefficient (Wildman–Crippen LogP) is 4.56. The smallest absolute Gasteiger partial charge is 0.315 e. The van der Waals surface area contributed by atoms with Gasteiger partial charge >= 0.3 is 6.03 Å². The molecule has 6 rings (SSSR count). The number of piperidine rings is 2. The number of carbonyl (C=O) groups excluding carboxylic acids is 2. The Balaban J connectivity index is 1.43. The van der Waals surface area contributed by atoms with E-state index in [2.05, 4.69) is 10.1 Å². The number of nitrogen functional groups attached to an aromatic ring is 1. The fourth-order valence-electron chi connectivity index (χ4n) is 6.24. The second kappa shape index (κ2) is 9.20. The van der Waals surface area contributed by atoms with Gasteiger partial charge in [0.2, 0.25) is 0 Å². The standard InChI is InChI=1S/C28H28FN7O2/c1-15(37)24-25(17-11-18-5-4-6-19(12-17)35(18)28(31)38)34-27-21(14-33-36(27)26(24)30)16-9-10-23(32-13-16)20-7-2-3-8-22(20)29/h2-3,7-10,13-14,17-19H,4-6,11-12,30H2,1H3,(H2,31,38)/t17?,18-,19+. The number of primary amides is 1. The highest BCUT2D eigenvalue weighted by Gasteiger charge is 2.42. The molecule has 2 amide bonds. The Kier molecular flexibility index (Phi) is 5.81. The monoisotopic (exact) mass is 513 g/mol. The number of hydrogen-bond acceptors (Lipinski definition) is 6. The summed E-state index contributed by atoms with van der Waals surface area (Å²) in [5, 5.41) is 4.43. The lowest BCUT2D eigenvalue weighted by molar-refractivity contribution is 0.0645. The molecule has 2 aliphatic rings. The van der Waals surface area contributed by atoms with Crippen molar-refractivity contribution < 1.29 is 14.0 Å². The molecule has 2 fully saturated rings. The Morgan fingerprint density at radius 3 is 2.39 bits per heavy atom. The Bertz CT molecular complexity index is 1550. The molecule has 0 spiro atoms. The van der Waals surface area contributed by atoms with Gasteiger partial charge in [-0.2, -0.15) is 9.61 Å². The van der Waals surface area contributed by atoms with Crippen LogP contribution in [0.1, 0.15) is 61.0 Å². The molecule has 3 aromatic heterocycles. The molecule has 2 bridgehead atoms. The van der Waals surface area contributed by atoms with Crippen LogP contribution in [0.2, 0.25) is 0 Å². The number of amides is 2. The summed E-state index contributed by atoms with van der Waals surface area (Å²) < 4.78 is 15.7. The van der Waals surface area contributed by atoms with Gasteiger partial charge in [0.25, 0.3) is 0 Å². The zero-order valence-electron chi connectivity index (χ0n) is 21.0. The molecule has 2 aliphatic heterocycles. The molecule has 4 N–H and O–H groups in total. The third kappa shape index (κ3) is 3.87. The molecule has 1 aromatic carbocycles. The van der Waals surface area contributed by atoms with E-state index in [-0.39, 0.29) is 35.4 Å². The van der Waals surface area contributed by atoms with Gasteiger partial charge in [-0.15, -0.1) is 0 Å². The number of nitrogens with zero attached hydrogens (tertiary/aromatic N) is 5. The molecule has 194 valence electrons. The van der Waals surface area contributed by atoms with Crippen LogP contribution in [0.3, 0.4) is 0 Å². The second-order valence-corrected chi connectivity index (χ2v) is 10.2. The van der Waals surface area contributed by atoms with Crippen molar-refractivity contribution in [3.05, 3.63) is 65.9 Å². The summed E-state index contributed by atoms with van der Waals surface area (Å²) >= 11 is 0. The van der Waals surface area contributed by atoms with Crippen molar-refractivity contribution in [3.8, 4) is 22.4 Å². The van der Waals surface area contributed by atoms with Gasteiger partial charge in [0.15, 0.2) is 11.4 Å². The minimum atomic E-state index is -0.391. The first kappa shape index (κ1) is 24.0. The normalized spacial score (nSPS) is 21.0. The van der Waals surface area contributed by atoms with Crippen LogP contribution in [0.15, 0.2) is 48.8 Å². The number of benzene rings is 1. The molecule has 3 atom stereocenters. The number of nitrogens with two attached hydrogens (primary N) is 2. The Morgan fingerprint density at radius 1 is 1.03 bits per heavy atom. The minimum Gasteiger partial charge on any atom is -0.383 e. The maximum atomic E-state index is 14.2. The topological polar surface area (TPSA) is 132 Å². The minimum absolute atomic E-state index is 0.0172. The third-order valence-corrected chi connectivity index (χ3v) is 7.90. The third-order valence-electron chi connectivity index (χ3n) is 7.90. The summed E-state index contributed by atoms with van der Waals surface area (Å²) in [6.07, 6.45) is 7.45. The first-order chi connectivity index (χ1) is 18.3. The number of pyridine rings is 1. The van der Waals surface area contributed by atoms with E-state index >= 15 is 0 Å². The highest BCUT2D eigenvalue weighted by Crippen LogP contribution is 2.43. The number of carbonyl (C=O) groups is 2. The molecule has 2 saturated heterocycles. The molecule has 9 nitrogen and oxygen atoms in total. The molecule has 0 aliphatic carbocycles. The number of fused-ring (bicyclic) bond motifs is 3. The summed E-state index contributed by atoms with van der Waals surface area (Å²) in [6.45, 7) is 1.48. The van der Waals surface area contributed by atoms with Crippen LogP contribution in [0.5, 0.6) is 0 Å². The highest BCUT2D eigenvalue weighted by molar-refractivity contribution is 6.00. The summed E-state index contributed by atoms with van der Waals surface area (Å²) in [6, 6.07) is 9.74. The van der Waals surface area contributed by atoms with Crippen LogP contribution >= 0.6 is 0 Å². The summed E-state index contributed by atoms with van der Waals surface area (Å²) in [5.41, 5.74) is 16.1. The summed E-state index contributed by atoms with van der Waals surface area (Å²) in [7, 11) is 0. The first-order valence-corrected chi connectivity index (χ1v) is 12.8. The van der Waals surface area contributed by atoms with E-state index in [0.717, 1.165) is 24.8 Å². The summed E-state index contributed by atoms with van der Waals surface area (Å²) in [5.74, 6) is -0.326. The molecule has 5 heterocycles. The van der Waals surface area contributed by atoms with Gasteiger partial charge in [-0.1, -0.05) is 18.2 Å². The number of anilines is 1. The average Bonchev–Trinajstić information content (AvgIpc) is 3.32. The molecule has 0 saturated carbocycles. The average molecular weight is 514 g/mol. The van der Waals surface area contributed by atoms with Crippen molar-refractivity contribution in [2.45, 2.75) is 57.0 Å². The molecule has 0 radical (unpaired) electrons. The largest absolute Gasteiger partial charge is 0.383 e. The van der Waals surface area contributed by atoms with Gasteiger partial charge in [-0.3, -0.25) is 9.78 Å². The second-order valence-electron chi connectivity index (χ2n) is 10.2. The van der Waals surface area contributed by atoms with Gasteiger partial charge in [-0.05, 0) is 57.2 Å². The van der Waals surface area contributed by atoms with Crippen molar-refractivity contribution >= 4 is 23.3 Å². The number of aromatic nitrogens is 4. The van der Waals surface area contributed by atoms with E-state index in [1.807, 2.05) is 11.0 Å². The van der Waals surface area contributed by atoms with E-state index < -0.39 is 6.03 Å². The van der Waals surface area contributed by atoms with Crippen LogP contribution in [0, 0.1) is 5.82 Å². The number of ketones is 1. The highest BCUT2D eigenvalue weighted by atomic mass is 19.1. The Morgan fingerprint density at radius 2 is 1.76 bits per heavy atom. The summed E-state index contributed by atoms with van der Waals surface area (Å²) in [4.78, 5) is 36.2. The Labute approximate surface area is 218 Å². The predicted molar refractivity (Wildman–Crippen MR) is 141 cm³/mol. The van der Waals surface area contributed by atoms with E-state index in [1.54, 1.807) is 36.7 Å². The molecule has 10 heteroatoms. The zero-order chi connectivity index (χ0) is 26.6. The number of rotatable bonds is 4. The number of urea groups is 1. The van der Waals surface area contributed by atoms with Crippen molar-refractivity contribution in [2.24, 2.45) is 5.73 Å². The molecular weight excluding hydrogens is 485 g/mol. The fraction of sp³-hybridized carbons (Fsp3) is 0.321. The van der Waals surface area contributed by atoms with Crippen LogP contribution in [0.4, 0.5) is 15.0 Å². The maximum Gasteiger partial charge on any atom is 0.315 e. The van der Waals surface area contributed by atoms with Crippen molar-refractivity contribution in [2.75, 3.05) is 5.73 Å². The number of hydrogen-bond donors (Lipinski definition) is 2. The van der Waals surface area contributed by atoms with E-state index in [4.69, 9.17) is 16.5 Å². The van der Waals surface area contributed by atoms with Crippen molar-refractivity contribution in [3.63, 3.8) is 0 Å². The zero-order valence-corrected chi connectivity index (χ0v) is 21.0. The van der Waals surface area contributed by atoms with E-state index in [1.165, 1.54) is 17.5 Å². The van der Waals surface area contributed by atoms with E-state index in [9.17, 15) is 14.0 Å². The molecular formula is C28H28FN7O2. The van der Waals surface area contributed by atoms with Gasteiger partial charge in [-0.25, -0.2) is 14.2 Å². The number of halogens is 1. The lowest BCUT2D eigenvalue weighted by Gasteiger charge is -2.48. The van der Waals surface area contributed by atoms with Crippen LogP contribution in [-0.4, -0.2) is 48.4 Å². The van der Waals surface area contributed by atoms with Gasteiger partial charge < -0.3 is 16.4 Å². The maximum absolute atomic E-state index is 14.2. The molecule has 4 aromatic rings. The van der Waals surface area contributed by atoms with Gasteiger partial charge in [0.05, 0.1) is 23.1 Å². The van der Waals surface area contributed by atoms with Crippen LogP contribution < -0.4 is 11.5 Å². The van der Waals surface area contributed by atoms with Crippen molar-refractivity contribution in [1.29, 1.82) is 0 Å². The Hall–Kier alpha value is -4.34. The lowest BCUT2D eigenvalue weighted by atomic mass is 9.76.